The highest BCUT2D eigenvalue weighted by atomic mass is 32.1. The first-order valence-corrected chi connectivity index (χ1v) is 16.5. The molecule has 1 aliphatic heterocycles. The first-order valence-electron chi connectivity index (χ1n) is 13.7. The van der Waals surface area contributed by atoms with Gasteiger partial charge in [-0.1, -0.05) is 87.7 Å². The van der Waals surface area contributed by atoms with E-state index in [9.17, 15) is 0 Å². The number of hydrogen-bond donors (Lipinski definition) is 0. The van der Waals surface area contributed by atoms with E-state index in [1.165, 1.54) is 36.6 Å². The van der Waals surface area contributed by atoms with Gasteiger partial charge in [0, 0.05) is 17.9 Å². The Morgan fingerprint density at radius 1 is 0.971 bits per heavy atom. The van der Waals surface area contributed by atoms with Crippen molar-refractivity contribution in [3.05, 3.63) is 11.8 Å². The summed E-state index contributed by atoms with van der Waals surface area (Å²) in [7, 11) is 0.394. The van der Waals surface area contributed by atoms with Crippen LogP contribution in [-0.2, 0) is 4.43 Å². The maximum atomic E-state index is 7.44. The summed E-state index contributed by atoms with van der Waals surface area (Å²) in [4.78, 5) is 0. The molecule has 0 bridgehead atoms. The van der Waals surface area contributed by atoms with E-state index in [0.717, 1.165) is 48.6 Å². The summed E-state index contributed by atoms with van der Waals surface area (Å²) >= 11 is 1.27. The molecule has 1 aromatic heterocycles. The summed E-state index contributed by atoms with van der Waals surface area (Å²) in [5.41, 5.74) is 3.96. The van der Waals surface area contributed by atoms with E-state index in [2.05, 4.69) is 84.2 Å². The molecule has 0 aliphatic carbocycles. The predicted molar refractivity (Wildman–Crippen MR) is 149 cm³/mol. The molecule has 2 atom stereocenters. The first kappa shape index (κ1) is 29.5. The Hall–Kier alpha value is -0.763. The van der Waals surface area contributed by atoms with Crippen LogP contribution in [0.2, 0.25) is 16.6 Å². The first-order chi connectivity index (χ1) is 16.0. The van der Waals surface area contributed by atoms with Crippen LogP contribution in [0.25, 0.3) is 5.57 Å². The molecule has 5 nitrogen and oxygen atoms in total. The lowest BCUT2D eigenvalue weighted by molar-refractivity contribution is -0.950. The third kappa shape index (κ3) is 6.71. The molecule has 0 saturated heterocycles. The van der Waals surface area contributed by atoms with Crippen molar-refractivity contribution in [2.75, 3.05) is 26.7 Å². The number of aromatic nitrogens is 2. The number of nitrogens with zero attached hydrogens (tertiary/aromatic N) is 3. The summed E-state index contributed by atoms with van der Waals surface area (Å²) in [5.74, 6) is 1.16. The van der Waals surface area contributed by atoms with E-state index >= 15 is 0 Å². The molecule has 34 heavy (non-hydrogen) atoms. The van der Waals surface area contributed by atoms with Crippen molar-refractivity contribution in [1.29, 1.82) is 0 Å². The Labute approximate surface area is 215 Å². The van der Waals surface area contributed by atoms with Crippen LogP contribution in [0, 0.1) is 5.92 Å². The van der Waals surface area contributed by atoms with Gasteiger partial charge in [0.25, 0.3) is 5.88 Å². The maximum absolute atomic E-state index is 7.44. The Morgan fingerprint density at radius 2 is 1.62 bits per heavy atom. The molecule has 0 spiro atoms. The molecule has 0 amide bonds. The van der Waals surface area contributed by atoms with E-state index in [4.69, 9.17) is 9.16 Å². The van der Waals surface area contributed by atoms with Crippen LogP contribution in [0.5, 0.6) is 5.88 Å². The molecule has 0 aromatic carbocycles. The predicted octanol–water partition coefficient (Wildman–Crippen LogP) is 7.91. The fourth-order valence-electron chi connectivity index (χ4n) is 6.22. The number of quaternary nitrogens is 1. The third-order valence-corrected chi connectivity index (χ3v) is 14.4. The Kier molecular flexibility index (Phi) is 11.2. The van der Waals surface area contributed by atoms with E-state index in [0.29, 0.717) is 22.5 Å². The Morgan fingerprint density at radius 3 is 2.18 bits per heavy atom. The highest BCUT2D eigenvalue weighted by Crippen LogP contribution is 2.45. The molecule has 1 aliphatic rings. The molecule has 1 aromatic rings. The lowest BCUT2D eigenvalue weighted by Crippen LogP contribution is -2.63. The molecule has 0 fully saturated rings. The number of hydrogen-bond acceptors (Lipinski definition) is 5. The average Bonchev–Trinajstić information content (AvgIpc) is 3.21. The molecule has 2 rings (SSSR count). The molecule has 0 saturated carbocycles. The van der Waals surface area contributed by atoms with Crippen molar-refractivity contribution in [3.8, 4) is 5.88 Å². The molecule has 196 valence electrons. The van der Waals surface area contributed by atoms with Gasteiger partial charge in [-0.05, 0) is 23.0 Å². The van der Waals surface area contributed by atoms with Gasteiger partial charge in [0.1, 0.15) is 12.2 Å². The smallest absolute Gasteiger partial charge is 0.253 e. The van der Waals surface area contributed by atoms with Gasteiger partial charge in [-0.15, -0.1) is 4.37 Å². The molecule has 0 N–H and O–H groups in total. The highest BCUT2D eigenvalue weighted by Gasteiger charge is 2.51. The van der Waals surface area contributed by atoms with Crippen LogP contribution in [0.4, 0.5) is 0 Å². The van der Waals surface area contributed by atoms with Crippen LogP contribution >= 0.6 is 11.7 Å². The quantitative estimate of drug-likeness (QED) is 0.145. The largest absolute Gasteiger partial charge is 0.475 e. The minimum absolute atomic E-state index is 0.174. The second-order valence-corrected chi connectivity index (χ2v) is 17.7. The van der Waals surface area contributed by atoms with Gasteiger partial charge in [0.15, 0.2) is 6.23 Å². The zero-order chi connectivity index (χ0) is 25.5. The summed E-state index contributed by atoms with van der Waals surface area (Å²) in [6.07, 6.45) is 8.35. The van der Waals surface area contributed by atoms with Crippen molar-refractivity contribution in [3.63, 3.8) is 0 Å². The molecule has 2 unspecified atom stereocenters. The van der Waals surface area contributed by atoms with E-state index in [-0.39, 0.29) is 6.23 Å². The zero-order valence-electron chi connectivity index (χ0n) is 23.7. The van der Waals surface area contributed by atoms with Crippen molar-refractivity contribution in [2.45, 2.75) is 117 Å². The van der Waals surface area contributed by atoms with Crippen LogP contribution in [0.15, 0.2) is 6.08 Å². The van der Waals surface area contributed by atoms with Crippen LogP contribution < -0.4 is 4.74 Å². The fraction of sp³-hybridized carbons (Fsp3) is 0.852. The van der Waals surface area contributed by atoms with Gasteiger partial charge in [-0.3, -0.25) is 4.48 Å². The van der Waals surface area contributed by atoms with Crippen molar-refractivity contribution in [2.24, 2.45) is 5.92 Å². The van der Waals surface area contributed by atoms with E-state index in [1.807, 2.05) is 0 Å². The average molecular weight is 511 g/mol. The zero-order valence-corrected chi connectivity index (χ0v) is 25.5. The van der Waals surface area contributed by atoms with Gasteiger partial charge in [-0.2, -0.15) is 4.37 Å². The topological polar surface area (TPSA) is 44.2 Å². The number of likely N-dealkylation sites (N-methyl/N-ethyl adjacent to an activating group) is 1. The lowest BCUT2D eigenvalue weighted by atomic mass is 10.0. The van der Waals surface area contributed by atoms with Crippen LogP contribution in [0.1, 0.15) is 100 Å². The maximum Gasteiger partial charge on any atom is 0.253 e. The van der Waals surface area contributed by atoms with Crippen molar-refractivity contribution < 1.29 is 13.6 Å². The highest BCUT2D eigenvalue weighted by molar-refractivity contribution is 6.99. The van der Waals surface area contributed by atoms with Crippen LogP contribution in [0.3, 0.4) is 0 Å². The Balaban J connectivity index is 2.26. The number of ether oxygens (including phenoxy) is 1. The van der Waals surface area contributed by atoms with E-state index in [1.54, 1.807) is 0 Å². The SMILES string of the molecule is CCCCCCOc1nsnc1C1=CCC[N+](C)(C(O[Si](C(C)C)(C(C)C)C(C)C)C(C)C)C1. The normalized spacial score (nSPS) is 20.5. The Bertz CT molecular complexity index is 756. The molecular weight excluding hydrogens is 458 g/mol. The van der Waals surface area contributed by atoms with Crippen molar-refractivity contribution in [1.82, 2.24) is 8.75 Å². The fourth-order valence-corrected chi connectivity index (χ4v) is 12.5. The lowest BCUT2D eigenvalue weighted by Gasteiger charge is -2.51. The third-order valence-electron chi connectivity index (χ3n) is 7.78. The summed E-state index contributed by atoms with van der Waals surface area (Å²) in [5, 5.41) is 0. The molecule has 7 heteroatoms. The summed E-state index contributed by atoms with van der Waals surface area (Å²) in [6.45, 7) is 23.9. The summed E-state index contributed by atoms with van der Waals surface area (Å²) in [6, 6.07) is 0. The van der Waals surface area contributed by atoms with Gasteiger partial charge in [-0.25, -0.2) is 0 Å². The number of unbranched alkanes of at least 4 members (excludes halogenated alkanes) is 3. The molecular formula is C27H52N3O2SSi+. The van der Waals surface area contributed by atoms with Crippen LogP contribution in [-0.4, -0.2) is 54.5 Å². The van der Waals surface area contributed by atoms with Gasteiger partial charge in [0.05, 0.1) is 31.9 Å². The second-order valence-electron chi connectivity index (χ2n) is 11.8. The number of rotatable bonds is 14. The van der Waals surface area contributed by atoms with Gasteiger partial charge < -0.3 is 9.16 Å². The summed E-state index contributed by atoms with van der Waals surface area (Å²) < 4.78 is 23.6. The molecule has 2 heterocycles. The van der Waals surface area contributed by atoms with E-state index < -0.39 is 8.32 Å². The van der Waals surface area contributed by atoms with Crippen molar-refractivity contribution >= 4 is 25.6 Å². The minimum atomic E-state index is -2.00. The monoisotopic (exact) mass is 510 g/mol. The second kappa shape index (κ2) is 13.0. The van der Waals surface area contributed by atoms with Gasteiger partial charge in [0.2, 0.25) is 8.32 Å². The van der Waals surface area contributed by atoms with Gasteiger partial charge >= 0.3 is 0 Å². The minimum Gasteiger partial charge on any atom is -0.475 e. The molecule has 0 radical (unpaired) electrons. The standard InChI is InChI=1S/C27H52N3O2SSi/c1-11-12-13-14-18-31-26-25(28-33-29-26)24-16-15-17-30(10,19-24)27(20(2)3)32-34(21(4)5,22(6)7)23(8)9/h16,20-23,27H,11-15,17-19H2,1-10H3/q+1.